The van der Waals surface area contributed by atoms with Crippen LogP contribution in [0.4, 0.5) is 9.18 Å². The first-order valence-electron chi connectivity index (χ1n) is 9.31. The zero-order valence-electron chi connectivity index (χ0n) is 14.3. The van der Waals surface area contributed by atoms with E-state index in [1.54, 1.807) is 23.2 Å². The summed E-state index contributed by atoms with van der Waals surface area (Å²) in [5, 5.41) is 0. The summed E-state index contributed by atoms with van der Waals surface area (Å²) in [6.45, 7) is 0.772. The summed E-state index contributed by atoms with van der Waals surface area (Å²) in [7, 11) is 0. The van der Waals surface area contributed by atoms with Gasteiger partial charge in [0.25, 0.3) is 0 Å². The van der Waals surface area contributed by atoms with E-state index in [9.17, 15) is 14.0 Å². The minimum Gasteiger partial charge on any atom is -0.320 e. The van der Waals surface area contributed by atoms with Crippen molar-refractivity contribution in [1.82, 2.24) is 14.8 Å². The standard InChI is InChI=1S/C19H24FN3O2/c20-15-8-4-9-16-17(15)18(24)23(12-14-7-1-2-10-21-14)19(25)22(16)11-13-5-3-6-13/h1-2,7,10,13,15-17H,3-6,8-9,11-12H2. The van der Waals surface area contributed by atoms with Crippen molar-refractivity contribution in [2.75, 3.05) is 6.54 Å². The lowest BCUT2D eigenvalue weighted by molar-refractivity contribution is -0.145. The fraction of sp³-hybridized carbons (Fsp3) is 0.632. The maximum Gasteiger partial charge on any atom is 0.327 e. The number of fused-ring (bicyclic) bond motifs is 1. The van der Waals surface area contributed by atoms with Crippen LogP contribution in [0.2, 0.25) is 0 Å². The summed E-state index contributed by atoms with van der Waals surface area (Å²) < 4.78 is 14.6. The molecule has 0 radical (unpaired) electrons. The van der Waals surface area contributed by atoms with Gasteiger partial charge in [0.1, 0.15) is 6.17 Å². The Morgan fingerprint density at radius 1 is 1.12 bits per heavy atom. The summed E-state index contributed by atoms with van der Waals surface area (Å²) in [5.41, 5.74) is 0.650. The quantitative estimate of drug-likeness (QED) is 0.842. The van der Waals surface area contributed by atoms with Crippen molar-refractivity contribution in [2.45, 2.75) is 57.3 Å². The Balaban J connectivity index is 1.61. The van der Waals surface area contributed by atoms with Gasteiger partial charge in [0, 0.05) is 18.8 Å². The molecule has 5 nitrogen and oxygen atoms in total. The molecule has 25 heavy (non-hydrogen) atoms. The van der Waals surface area contributed by atoms with E-state index in [1.807, 2.05) is 6.07 Å². The normalized spacial score (nSPS) is 30.2. The molecule has 1 aromatic rings. The molecule has 0 spiro atoms. The molecule has 0 aromatic carbocycles. The Hall–Kier alpha value is -1.98. The molecule has 0 bridgehead atoms. The lowest BCUT2D eigenvalue weighted by atomic mass is 9.78. The first-order chi connectivity index (χ1) is 12.1. The molecule has 0 N–H and O–H groups in total. The predicted molar refractivity (Wildman–Crippen MR) is 90.3 cm³/mol. The van der Waals surface area contributed by atoms with E-state index in [-0.39, 0.29) is 24.5 Å². The molecular weight excluding hydrogens is 321 g/mol. The molecular formula is C19H24FN3O2. The Bertz CT molecular complexity index is 649. The molecule has 1 aliphatic heterocycles. The number of alkyl halides is 1. The molecule has 6 heteroatoms. The van der Waals surface area contributed by atoms with E-state index in [0.29, 0.717) is 24.6 Å². The zero-order chi connectivity index (χ0) is 17.4. The largest absolute Gasteiger partial charge is 0.327 e. The highest BCUT2D eigenvalue weighted by molar-refractivity contribution is 5.99. The van der Waals surface area contributed by atoms with E-state index in [0.717, 1.165) is 25.7 Å². The van der Waals surface area contributed by atoms with Crippen LogP contribution in [0, 0.1) is 11.8 Å². The molecule has 2 saturated carbocycles. The van der Waals surface area contributed by atoms with Crippen LogP contribution < -0.4 is 0 Å². The van der Waals surface area contributed by atoms with E-state index in [2.05, 4.69) is 4.98 Å². The number of carbonyl (C=O) groups is 2. The third-order valence-electron chi connectivity index (χ3n) is 5.94. The molecule has 2 aliphatic carbocycles. The van der Waals surface area contributed by atoms with Crippen LogP contribution in [-0.2, 0) is 11.3 Å². The van der Waals surface area contributed by atoms with Crippen molar-refractivity contribution in [3.8, 4) is 0 Å². The summed E-state index contributed by atoms with van der Waals surface area (Å²) >= 11 is 0. The number of amides is 3. The first kappa shape index (κ1) is 16.5. The van der Waals surface area contributed by atoms with Crippen LogP contribution in [0.3, 0.4) is 0 Å². The molecule has 3 fully saturated rings. The number of carbonyl (C=O) groups excluding carboxylic acids is 2. The van der Waals surface area contributed by atoms with Gasteiger partial charge in [-0.25, -0.2) is 9.18 Å². The average Bonchev–Trinajstić information content (AvgIpc) is 2.58. The molecule has 3 unspecified atom stereocenters. The second-order valence-corrected chi connectivity index (χ2v) is 7.52. The Morgan fingerprint density at radius 3 is 2.60 bits per heavy atom. The second kappa shape index (κ2) is 6.73. The van der Waals surface area contributed by atoms with Crippen LogP contribution in [0.15, 0.2) is 24.4 Å². The molecule has 3 amide bonds. The van der Waals surface area contributed by atoms with Gasteiger partial charge >= 0.3 is 6.03 Å². The van der Waals surface area contributed by atoms with Crippen molar-refractivity contribution >= 4 is 11.9 Å². The monoisotopic (exact) mass is 345 g/mol. The molecule has 3 aliphatic rings. The summed E-state index contributed by atoms with van der Waals surface area (Å²) in [4.78, 5) is 33.2. The number of halogens is 1. The van der Waals surface area contributed by atoms with E-state index < -0.39 is 12.1 Å². The summed E-state index contributed by atoms with van der Waals surface area (Å²) in [5.74, 6) is -0.581. The average molecular weight is 345 g/mol. The number of hydrogen-bond donors (Lipinski definition) is 0. The van der Waals surface area contributed by atoms with Gasteiger partial charge in [-0.05, 0) is 50.2 Å². The number of nitrogens with zero attached hydrogens (tertiary/aromatic N) is 3. The molecule has 134 valence electrons. The van der Waals surface area contributed by atoms with Gasteiger partial charge in [0.15, 0.2) is 0 Å². The molecule has 2 heterocycles. The van der Waals surface area contributed by atoms with Gasteiger partial charge < -0.3 is 4.90 Å². The van der Waals surface area contributed by atoms with E-state index in [4.69, 9.17) is 0 Å². The smallest absolute Gasteiger partial charge is 0.320 e. The van der Waals surface area contributed by atoms with Crippen LogP contribution >= 0.6 is 0 Å². The maximum atomic E-state index is 14.6. The second-order valence-electron chi connectivity index (χ2n) is 7.52. The SMILES string of the molecule is O=C1C2C(F)CCCC2N(CC2CCC2)C(=O)N1Cc1ccccn1. The molecule has 3 atom stereocenters. The highest BCUT2D eigenvalue weighted by Crippen LogP contribution is 2.38. The van der Waals surface area contributed by atoms with Crippen molar-refractivity contribution in [3.63, 3.8) is 0 Å². The number of imide groups is 1. The highest BCUT2D eigenvalue weighted by Gasteiger charge is 2.51. The van der Waals surface area contributed by atoms with Crippen molar-refractivity contribution in [3.05, 3.63) is 30.1 Å². The molecule has 1 saturated heterocycles. The topological polar surface area (TPSA) is 53.5 Å². The molecule has 1 aromatic heterocycles. The summed E-state index contributed by atoms with van der Waals surface area (Å²) in [6.07, 6.45) is 5.80. The van der Waals surface area contributed by atoms with Crippen LogP contribution in [0.1, 0.15) is 44.2 Å². The fourth-order valence-electron chi connectivity index (χ4n) is 4.33. The number of pyridine rings is 1. The van der Waals surface area contributed by atoms with Crippen molar-refractivity contribution < 1.29 is 14.0 Å². The maximum absolute atomic E-state index is 14.6. The van der Waals surface area contributed by atoms with Gasteiger partial charge in [0.05, 0.1) is 18.2 Å². The minimum absolute atomic E-state index is 0.121. The molecule has 4 rings (SSSR count). The van der Waals surface area contributed by atoms with E-state index in [1.165, 1.54) is 11.3 Å². The zero-order valence-corrected chi connectivity index (χ0v) is 14.3. The van der Waals surface area contributed by atoms with Crippen LogP contribution in [-0.4, -0.2) is 45.5 Å². The Labute approximate surface area is 147 Å². The lowest BCUT2D eigenvalue weighted by Crippen LogP contribution is -2.65. The summed E-state index contributed by atoms with van der Waals surface area (Å²) in [6, 6.07) is 4.87. The number of aromatic nitrogens is 1. The lowest BCUT2D eigenvalue weighted by Gasteiger charge is -2.49. The van der Waals surface area contributed by atoms with Gasteiger partial charge in [0.2, 0.25) is 5.91 Å². The first-order valence-corrected chi connectivity index (χ1v) is 9.31. The number of rotatable bonds is 4. The van der Waals surface area contributed by atoms with Gasteiger partial charge in [-0.2, -0.15) is 0 Å². The third kappa shape index (κ3) is 3.02. The Kier molecular flexibility index (Phi) is 4.44. The van der Waals surface area contributed by atoms with Gasteiger partial charge in [-0.3, -0.25) is 14.7 Å². The Morgan fingerprint density at radius 2 is 1.92 bits per heavy atom. The van der Waals surface area contributed by atoms with Crippen LogP contribution in [0.5, 0.6) is 0 Å². The van der Waals surface area contributed by atoms with Crippen LogP contribution in [0.25, 0.3) is 0 Å². The minimum atomic E-state index is -1.16. The van der Waals surface area contributed by atoms with Crippen molar-refractivity contribution in [2.24, 2.45) is 11.8 Å². The number of hydrogen-bond acceptors (Lipinski definition) is 3. The predicted octanol–water partition coefficient (Wildman–Crippen LogP) is 3.15. The van der Waals surface area contributed by atoms with Gasteiger partial charge in [-0.15, -0.1) is 0 Å². The fourth-order valence-corrected chi connectivity index (χ4v) is 4.33. The number of urea groups is 1. The van der Waals surface area contributed by atoms with Gasteiger partial charge in [-0.1, -0.05) is 12.5 Å². The van der Waals surface area contributed by atoms with Crippen molar-refractivity contribution in [1.29, 1.82) is 0 Å². The third-order valence-corrected chi connectivity index (χ3v) is 5.94. The van der Waals surface area contributed by atoms with E-state index >= 15 is 0 Å². The highest BCUT2D eigenvalue weighted by atomic mass is 19.1.